The number of methoxy groups -OCH3 is 2. The number of benzene rings is 1. The molecule has 6 nitrogen and oxygen atoms in total. The van der Waals surface area contributed by atoms with Gasteiger partial charge in [0, 0.05) is 17.7 Å². The predicted molar refractivity (Wildman–Crippen MR) is 69.4 cm³/mol. The number of ether oxygens (including phenoxy) is 2. The van der Waals surface area contributed by atoms with Crippen molar-refractivity contribution in [2.24, 2.45) is 5.92 Å². The Balaban J connectivity index is 1.97. The maximum Gasteiger partial charge on any atom is 0.325 e. The molecule has 0 heterocycles. The first-order valence-electron chi connectivity index (χ1n) is 5.98. The zero-order valence-electron chi connectivity index (χ0n) is 10.9. The van der Waals surface area contributed by atoms with E-state index in [0.29, 0.717) is 17.2 Å². The second kappa shape index (κ2) is 5.60. The van der Waals surface area contributed by atoms with Crippen LogP contribution in [0.2, 0.25) is 0 Å². The van der Waals surface area contributed by atoms with Crippen LogP contribution in [0.3, 0.4) is 0 Å². The van der Waals surface area contributed by atoms with E-state index < -0.39 is 6.03 Å². The van der Waals surface area contributed by atoms with Gasteiger partial charge in [-0.2, -0.15) is 0 Å². The van der Waals surface area contributed by atoms with Gasteiger partial charge in [-0.3, -0.25) is 10.1 Å². The molecule has 3 amide bonds. The molecule has 102 valence electrons. The first-order chi connectivity index (χ1) is 9.13. The second-order valence-corrected chi connectivity index (χ2v) is 4.29. The molecule has 0 unspecified atom stereocenters. The molecule has 2 N–H and O–H groups in total. The lowest BCUT2D eigenvalue weighted by Gasteiger charge is -2.10. The van der Waals surface area contributed by atoms with E-state index in [2.05, 4.69) is 10.6 Å². The Bertz CT molecular complexity index is 497. The summed E-state index contributed by atoms with van der Waals surface area (Å²) < 4.78 is 10.2. The minimum atomic E-state index is -0.538. The van der Waals surface area contributed by atoms with Gasteiger partial charge >= 0.3 is 6.03 Å². The Hall–Kier alpha value is -2.24. The molecule has 0 spiro atoms. The number of carbonyl (C=O) groups is 2. The van der Waals surface area contributed by atoms with E-state index in [-0.39, 0.29) is 11.8 Å². The van der Waals surface area contributed by atoms with E-state index in [0.717, 1.165) is 12.8 Å². The van der Waals surface area contributed by atoms with E-state index in [1.165, 1.54) is 14.2 Å². The van der Waals surface area contributed by atoms with E-state index in [1.54, 1.807) is 18.2 Å². The summed E-state index contributed by atoms with van der Waals surface area (Å²) in [5.41, 5.74) is 0.527. The largest absolute Gasteiger partial charge is 0.493 e. The molecule has 1 aliphatic carbocycles. The van der Waals surface area contributed by atoms with Crippen LogP contribution < -0.4 is 20.1 Å². The molecule has 1 fully saturated rings. The van der Waals surface area contributed by atoms with Gasteiger partial charge in [0.15, 0.2) is 11.5 Å². The normalized spacial score (nSPS) is 13.6. The average molecular weight is 264 g/mol. The Kier molecular flexibility index (Phi) is 3.89. The van der Waals surface area contributed by atoms with Gasteiger partial charge in [0.05, 0.1) is 14.2 Å². The number of nitrogens with one attached hydrogen (secondary N) is 2. The van der Waals surface area contributed by atoms with Crippen molar-refractivity contribution in [1.82, 2.24) is 5.32 Å². The SMILES string of the molecule is COc1ccc(NC(=O)NC(=O)C2CC2)cc1OC. The van der Waals surface area contributed by atoms with E-state index in [4.69, 9.17) is 9.47 Å². The van der Waals surface area contributed by atoms with Crippen LogP contribution in [0.15, 0.2) is 18.2 Å². The molecule has 0 saturated heterocycles. The summed E-state index contributed by atoms with van der Waals surface area (Å²) >= 11 is 0. The highest BCUT2D eigenvalue weighted by Gasteiger charge is 2.30. The summed E-state index contributed by atoms with van der Waals surface area (Å²) in [6.45, 7) is 0. The highest BCUT2D eigenvalue weighted by atomic mass is 16.5. The highest BCUT2D eigenvalue weighted by Crippen LogP contribution is 2.30. The number of rotatable bonds is 4. The molecule has 0 radical (unpaired) electrons. The molecule has 1 saturated carbocycles. The van der Waals surface area contributed by atoms with Crippen molar-refractivity contribution >= 4 is 17.6 Å². The minimum Gasteiger partial charge on any atom is -0.493 e. The Morgan fingerprint density at radius 2 is 1.84 bits per heavy atom. The van der Waals surface area contributed by atoms with Crippen molar-refractivity contribution in [1.29, 1.82) is 0 Å². The lowest BCUT2D eigenvalue weighted by Crippen LogP contribution is -2.35. The summed E-state index contributed by atoms with van der Waals surface area (Å²) in [5, 5.41) is 4.87. The zero-order valence-corrected chi connectivity index (χ0v) is 10.9. The molecular weight excluding hydrogens is 248 g/mol. The number of carbonyl (C=O) groups excluding carboxylic acids is 2. The molecule has 2 rings (SSSR count). The summed E-state index contributed by atoms with van der Waals surface area (Å²) in [6.07, 6.45) is 1.71. The topological polar surface area (TPSA) is 76.7 Å². The van der Waals surface area contributed by atoms with Crippen LogP contribution in [0, 0.1) is 5.92 Å². The van der Waals surface area contributed by atoms with E-state index >= 15 is 0 Å². The lowest BCUT2D eigenvalue weighted by atomic mass is 10.3. The molecule has 1 aromatic carbocycles. The molecule has 0 aliphatic heterocycles. The molecule has 0 bridgehead atoms. The predicted octanol–water partition coefficient (Wildman–Crippen LogP) is 1.76. The number of hydrogen-bond acceptors (Lipinski definition) is 4. The Morgan fingerprint density at radius 3 is 2.42 bits per heavy atom. The second-order valence-electron chi connectivity index (χ2n) is 4.29. The molecule has 0 aromatic heterocycles. The maximum absolute atomic E-state index is 11.6. The quantitative estimate of drug-likeness (QED) is 0.868. The fraction of sp³-hybridized carbons (Fsp3) is 0.385. The van der Waals surface area contributed by atoms with Gasteiger partial charge in [0.1, 0.15) is 0 Å². The van der Waals surface area contributed by atoms with Crippen LogP contribution in [0.25, 0.3) is 0 Å². The number of amides is 3. The monoisotopic (exact) mass is 264 g/mol. The van der Waals surface area contributed by atoms with Gasteiger partial charge in [-0.1, -0.05) is 0 Å². The fourth-order valence-electron chi connectivity index (χ4n) is 1.64. The number of hydrogen-bond donors (Lipinski definition) is 2. The summed E-state index contributed by atoms with van der Waals surface area (Å²) in [6, 6.07) is 4.43. The Labute approximate surface area is 111 Å². The third-order valence-corrected chi connectivity index (χ3v) is 2.83. The minimum absolute atomic E-state index is 0.00356. The van der Waals surface area contributed by atoms with Gasteiger partial charge in [-0.25, -0.2) is 4.79 Å². The molecule has 0 atom stereocenters. The lowest BCUT2D eigenvalue weighted by molar-refractivity contribution is -0.121. The molecule has 1 aliphatic rings. The Morgan fingerprint density at radius 1 is 1.16 bits per heavy atom. The first-order valence-corrected chi connectivity index (χ1v) is 5.98. The maximum atomic E-state index is 11.6. The highest BCUT2D eigenvalue weighted by molar-refractivity contribution is 6.02. The van der Waals surface area contributed by atoms with Crippen LogP contribution in [0.1, 0.15) is 12.8 Å². The zero-order chi connectivity index (χ0) is 13.8. The van der Waals surface area contributed by atoms with Gasteiger partial charge < -0.3 is 14.8 Å². The van der Waals surface area contributed by atoms with Crippen LogP contribution in [0.4, 0.5) is 10.5 Å². The van der Waals surface area contributed by atoms with Gasteiger partial charge in [0.2, 0.25) is 5.91 Å². The standard InChI is InChI=1S/C13H16N2O4/c1-18-10-6-5-9(7-11(10)19-2)14-13(17)15-12(16)8-3-4-8/h5-8H,3-4H2,1-2H3,(H2,14,15,16,17). The number of urea groups is 1. The van der Waals surface area contributed by atoms with Crippen LogP contribution in [-0.4, -0.2) is 26.2 Å². The third kappa shape index (κ3) is 3.37. The first kappa shape index (κ1) is 13.2. The van der Waals surface area contributed by atoms with E-state index in [1.807, 2.05) is 0 Å². The number of anilines is 1. The van der Waals surface area contributed by atoms with Crippen LogP contribution >= 0.6 is 0 Å². The van der Waals surface area contributed by atoms with Crippen molar-refractivity contribution < 1.29 is 19.1 Å². The van der Waals surface area contributed by atoms with Crippen molar-refractivity contribution in [2.75, 3.05) is 19.5 Å². The van der Waals surface area contributed by atoms with Crippen LogP contribution in [-0.2, 0) is 4.79 Å². The molecule has 6 heteroatoms. The summed E-state index contributed by atoms with van der Waals surface area (Å²) in [7, 11) is 3.05. The van der Waals surface area contributed by atoms with Gasteiger partial charge in [-0.15, -0.1) is 0 Å². The summed E-state index contributed by atoms with van der Waals surface area (Å²) in [4.78, 5) is 23.0. The smallest absolute Gasteiger partial charge is 0.325 e. The van der Waals surface area contributed by atoms with Gasteiger partial charge in [0.25, 0.3) is 0 Å². The third-order valence-electron chi connectivity index (χ3n) is 2.83. The van der Waals surface area contributed by atoms with Crippen molar-refractivity contribution in [3.8, 4) is 11.5 Å². The van der Waals surface area contributed by atoms with Crippen molar-refractivity contribution in [2.45, 2.75) is 12.8 Å². The molecule has 19 heavy (non-hydrogen) atoms. The summed E-state index contributed by atoms with van der Waals surface area (Å²) in [5.74, 6) is 0.852. The van der Waals surface area contributed by atoms with Crippen molar-refractivity contribution in [3.63, 3.8) is 0 Å². The molecular formula is C13H16N2O4. The number of imide groups is 1. The molecule has 1 aromatic rings. The van der Waals surface area contributed by atoms with Crippen LogP contribution in [0.5, 0.6) is 11.5 Å². The van der Waals surface area contributed by atoms with Crippen molar-refractivity contribution in [3.05, 3.63) is 18.2 Å². The fourth-order valence-corrected chi connectivity index (χ4v) is 1.64. The van der Waals surface area contributed by atoms with Gasteiger partial charge in [-0.05, 0) is 25.0 Å². The average Bonchev–Trinajstić information content (AvgIpc) is 3.22. The van der Waals surface area contributed by atoms with E-state index in [9.17, 15) is 9.59 Å².